The molecule has 2 aromatic rings. The Kier molecular flexibility index (Phi) is 4.26. The van der Waals surface area contributed by atoms with Crippen molar-refractivity contribution in [2.24, 2.45) is 0 Å². The van der Waals surface area contributed by atoms with Crippen molar-refractivity contribution in [2.45, 2.75) is 38.8 Å². The van der Waals surface area contributed by atoms with Crippen LogP contribution in [0.5, 0.6) is 0 Å². The Bertz CT molecular complexity index is 623. The number of piperidine rings is 1. The molecule has 0 aliphatic carbocycles. The van der Waals surface area contributed by atoms with E-state index in [2.05, 4.69) is 27.6 Å². The summed E-state index contributed by atoms with van der Waals surface area (Å²) in [6, 6.07) is 1.87. The number of rotatable bonds is 4. The fourth-order valence-electron chi connectivity index (χ4n) is 2.86. The predicted octanol–water partition coefficient (Wildman–Crippen LogP) is 1.35. The molecule has 0 atom stereocenters. The summed E-state index contributed by atoms with van der Waals surface area (Å²) in [5.74, 6) is 0.0307. The maximum Gasteiger partial charge on any atom is 0.248 e. The molecule has 0 radical (unpaired) electrons. The Morgan fingerprint density at radius 3 is 2.82 bits per heavy atom. The zero-order chi connectivity index (χ0) is 15.6. The summed E-state index contributed by atoms with van der Waals surface area (Å²) in [7, 11) is 0. The van der Waals surface area contributed by atoms with E-state index in [1.165, 1.54) is 4.88 Å². The molecule has 0 saturated carbocycles. The fraction of sp³-hybridized carbons (Fsp3) is 0.533. The first-order valence-electron chi connectivity index (χ1n) is 7.54. The number of aromatic nitrogens is 3. The van der Waals surface area contributed by atoms with Gasteiger partial charge in [0.1, 0.15) is 10.5 Å². The van der Waals surface area contributed by atoms with Gasteiger partial charge in [-0.05, 0) is 45.8 Å². The molecule has 1 amide bonds. The fourth-order valence-corrected chi connectivity index (χ4v) is 3.73. The Hall–Kier alpha value is -1.73. The van der Waals surface area contributed by atoms with Crippen LogP contribution in [0.1, 0.15) is 28.4 Å². The van der Waals surface area contributed by atoms with Gasteiger partial charge in [0.15, 0.2) is 0 Å². The van der Waals surface area contributed by atoms with Gasteiger partial charge >= 0.3 is 0 Å². The van der Waals surface area contributed by atoms with Crippen LogP contribution in [0.2, 0.25) is 0 Å². The highest BCUT2D eigenvalue weighted by Gasteiger charge is 2.41. The Morgan fingerprint density at radius 1 is 1.45 bits per heavy atom. The molecule has 0 spiro atoms. The van der Waals surface area contributed by atoms with Crippen molar-refractivity contribution in [3.8, 4) is 0 Å². The van der Waals surface area contributed by atoms with E-state index in [1.54, 1.807) is 17.5 Å². The quantitative estimate of drug-likeness (QED) is 0.892. The summed E-state index contributed by atoms with van der Waals surface area (Å²) in [4.78, 5) is 18.5. The van der Waals surface area contributed by atoms with Gasteiger partial charge in [-0.25, -0.2) is 4.98 Å². The van der Waals surface area contributed by atoms with E-state index in [1.807, 2.05) is 23.9 Å². The first-order valence-corrected chi connectivity index (χ1v) is 8.35. The van der Waals surface area contributed by atoms with E-state index in [0.717, 1.165) is 36.6 Å². The standard InChI is InChI=1S/C15H21N5OS/c1-11-12(2)22-13(19-11)10-17-14(21)15(4-7-16-8-5-15)20-9-3-6-18-20/h3,6,9,16H,4-5,7-8,10H2,1-2H3,(H,17,21). The molecule has 0 aromatic carbocycles. The molecule has 1 saturated heterocycles. The summed E-state index contributed by atoms with van der Waals surface area (Å²) in [5, 5.41) is 11.6. The number of amides is 1. The highest BCUT2D eigenvalue weighted by atomic mass is 32.1. The lowest BCUT2D eigenvalue weighted by Crippen LogP contribution is -2.54. The van der Waals surface area contributed by atoms with E-state index in [0.29, 0.717) is 6.54 Å². The molecule has 0 unspecified atom stereocenters. The van der Waals surface area contributed by atoms with Gasteiger partial charge in [-0.3, -0.25) is 9.48 Å². The third-order valence-electron chi connectivity index (χ3n) is 4.27. The van der Waals surface area contributed by atoms with Gasteiger partial charge in [0.25, 0.3) is 0 Å². The second-order valence-corrected chi connectivity index (χ2v) is 6.95. The summed E-state index contributed by atoms with van der Waals surface area (Å²) < 4.78 is 1.81. The van der Waals surface area contributed by atoms with Gasteiger partial charge in [0.05, 0.1) is 12.2 Å². The Balaban J connectivity index is 1.75. The van der Waals surface area contributed by atoms with Crippen LogP contribution in [0.25, 0.3) is 0 Å². The van der Waals surface area contributed by atoms with Crippen molar-refractivity contribution < 1.29 is 4.79 Å². The molecular formula is C15H21N5OS. The van der Waals surface area contributed by atoms with Gasteiger partial charge in [-0.1, -0.05) is 0 Å². The molecule has 0 bridgehead atoms. The Labute approximate surface area is 133 Å². The SMILES string of the molecule is Cc1nc(CNC(=O)C2(n3cccn3)CCNCC2)sc1C. The molecule has 3 heterocycles. The lowest BCUT2D eigenvalue weighted by atomic mass is 9.87. The number of nitrogens with zero attached hydrogens (tertiary/aromatic N) is 3. The molecule has 7 heteroatoms. The van der Waals surface area contributed by atoms with Crippen molar-refractivity contribution in [3.63, 3.8) is 0 Å². The lowest BCUT2D eigenvalue weighted by Gasteiger charge is -2.36. The monoisotopic (exact) mass is 319 g/mol. The number of nitrogens with one attached hydrogen (secondary N) is 2. The third-order valence-corrected chi connectivity index (χ3v) is 5.34. The maximum atomic E-state index is 12.9. The summed E-state index contributed by atoms with van der Waals surface area (Å²) >= 11 is 1.64. The van der Waals surface area contributed by atoms with Gasteiger partial charge in [0, 0.05) is 17.3 Å². The summed E-state index contributed by atoms with van der Waals surface area (Å²) in [6.45, 7) is 6.17. The first-order chi connectivity index (χ1) is 10.6. The second-order valence-electron chi connectivity index (χ2n) is 5.66. The topological polar surface area (TPSA) is 71.8 Å². The van der Waals surface area contributed by atoms with Crippen LogP contribution in [0, 0.1) is 13.8 Å². The smallest absolute Gasteiger partial charge is 0.248 e. The number of hydrogen-bond acceptors (Lipinski definition) is 5. The highest BCUT2D eigenvalue weighted by Crippen LogP contribution is 2.27. The van der Waals surface area contributed by atoms with Crippen LogP contribution in [-0.2, 0) is 16.9 Å². The van der Waals surface area contributed by atoms with Crippen LogP contribution in [-0.4, -0.2) is 33.8 Å². The average molecular weight is 319 g/mol. The highest BCUT2D eigenvalue weighted by molar-refractivity contribution is 7.11. The number of carbonyl (C=O) groups is 1. The third kappa shape index (κ3) is 2.78. The van der Waals surface area contributed by atoms with Crippen molar-refractivity contribution >= 4 is 17.2 Å². The van der Waals surface area contributed by atoms with Crippen LogP contribution < -0.4 is 10.6 Å². The van der Waals surface area contributed by atoms with E-state index in [4.69, 9.17) is 0 Å². The van der Waals surface area contributed by atoms with E-state index >= 15 is 0 Å². The minimum absolute atomic E-state index is 0.0307. The van der Waals surface area contributed by atoms with E-state index in [-0.39, 0.29) is 5.91 Å². The molecule has 1 aliphatic heterocycles. The molecule has 1 aliphatic rings. The van der Waals surface area contributed by atoms with Crippen molar-refractivity contribution in [1.29, 1.82) is 0 Å². The molecule has 6 nitrogen and oxygen atoms in total. The molecule has 2 N–H and O–H groups in total. The minimum Gasteiger partial charge on any atom is -0.347 e. The van der Waals surface area contributed by atoms with Gasteiger partial charge in [-0.2, -0.15) is 5.10 Å². The molecule has 118 valence electrons. The van der Waals surface area contributed by atoms with Gasteiger partial charge in [-0.15, -0.1) is 11.3 Å². The number of hydrogen-bond donors (Lipinski definition) is 2. The molecule has 2 aromatic heterocycles. The summed E-state index contributed by atoms with van der Waals surface area (Å²) in [5.41, 5.74) is 0.453. The average Bonchev–Trinajstić information content (AvgIpc) is 3.17. The van der Waals surface area contributed by atoms with Gasteiger partial charge < -0.3 is 10.6 Å². The normalized spacial score (nSPS) is 17.4. The predicted molar refractivity (Wildman–Crippen MR) is 85.7 cm³/mol. The zero-order valence-electron chi connectivity index (χ0n) is 12.9. The Morgan fingerprint density at radius 2 is 2.23 bits per heavy atom. The van der Waals surface area contributed by atoms with Crippen molar-refractivity contribution in [2.75, 3.05) is 13.1 Å². The second kappa shape index (κ2) is 6.18. The lowest BCUT2D eigenvalue weighted by molar-refractivity contribution is -0.132. The molecule has 22 heavy (non-hydrogen) atoms. The number of thiazole rings is 1. The van der Waals surface area contributed by atoms with E-state index < -0.39 is 5.54 Å². The van der Waals surface area contributed by atoms with Crippen molar-refractivity contribution in [1.82, 2.24) is 25.4 Å². The van der Waals surface area contributed by atoms with Crippen LogP contribution in [0.4, 0.5) is 0 Å². The van der Waals surface area contributed by atoms with Crippen LogP contribution in [0.15, 0.2) is 18.5 Å². The van der Waals surface area contributed by atoms with Crippen molar-refractivity contribution in [3.05, 3.63) is 34.0 Å². The maximum absolute atomic E-state index is 12.9. The zero-order valence-corrected chi connectivity index (χ0v) is 13.7. The van der Waals surface area contributed by atoms with Gasteiger partial charge in [0.2, 0.25) is 5.91 Å². The van der Waals surface area contributed by atoms with Crippen LogP contribution >= 0.6 is 11.3 Å². The van der Waals surface area contributed by atoms with E-state index in [9.17, 15) is 4.79 Å². The summed E-state index contributed by atoms with van der Waals surface area (Å²) in [6.07, 6.45) is 5.10. The largest absolute Gasteiger partial charge is 0.347 e. The first kappa shape index (κ1) is 15.2. The number of carbonyl (C=O) groups excluding carboxylic acids is 1. The molecule has 1 fully saturated rings. The minimum atomic E-state index is -0.587. The number of aryl methyl sites for hydroxylation is 2. The van der Waals surface area contributed by atoms with Crippen LogP contribution in [0.3, 0.4) is 0 Å². The molecule has 3 rings (SSSR count). The molecular weight excluding hydrogens is 298 g/mol.